The molecule has 2 fully saturated rings. The summed E-state index contributed by atoms with van der Waals surface area (Å²) in [7, 11) is -3.40. The van der Waals surface area contributed by atoms with E-state index in [-0.39, 0.29) is 11.8 Å². The molecule has 1 aromatic carbocycles. The molecule has 0 aliphatic heterocycles. The smallest absolute Gasteiger partial charge is 0.184 e. The second-order valence-corrected chi connectivity index (χ2v) is 7.78. The third-order valence-corrected chi connectivity index (χ3v) is 7.10. The van der Waals surface area contributed by atoms with Crippen molar-refractivity contribution in [2.24, 2.45) is 11.8 Å². The number of hydrogen-bond donors (Lipinski definition) is 1. The summed E-state index contributed by atoms with van der Waals surface area (Å²) in [6.07, 6.45) is 2.50. The van der Waals surface area contributed by atoms with Crippen LogP contribution >= 0.6 is 0 Å². The predicted octanol–water partition coefficient (Wildman–Crippen LogP) is 2.01. The van der Waals surface area contributed by atoms with Crippen molar-refractivity contribution >= 4 is 9.84 Å². The van der Waals surface area contributed by atoms with Gasteiger partial charge in [0, 0.05) is 0 Å². The van der Waals surface area contributed by atoms with Crippen LogP contribution in [0, 0.1) is 11.8 Å². The van der Waals surface area contributed by atoms with Crippen LogP contribution < -0.4 is 0 Å². The Morgan fingerprint density at radius 1 is 1.22 bits per heavy atom. The largest absolute Gasteiger partial charge is 0.388 e. The van der Waals surface area contributed by atoms with Crippen molar-refractivity contribution < 1.29 is 13.5 Å². The monoisotopic (exact) mass is 266 g/mol. The van der Waals surface area contributed by atoms with E-state index in [4.69, 9.17) is 0 Å². The molecule has 98 valence electrons. The van der Waals surface area contributed by atoms with Crippen LogP contribution in [0.3, 0.4) is 0 Å². The van der Waals surface area contributed by atoms with E-state index in [1.54, 1.807) is 30.3 Å². The van der Waals surface area contributed by atoms with Gasteiger partial charge >= 0.3 is 0 Å². The Bertz CT molecular complexity index is 544. The summed E-state index contributed by atoms with van der Waals surface area (Å²) in [4.78, 5) is 0.334. The van der Waals surface area contributed by atoms with Crippen LogP contribution in [-0.2, 0) is 9.84 Å². The molecule has 2 saturated carbocycles. The first-order chi connectivity index (χ1) is 8.47. The Balaban J connectivity index is 1.98. The van der Waals surface area contributed by atoms with Crippen LogP contribution in [0.15, 0.2) is 35.2 Å². The minimum absolute atomic E-state index is 0.0831. The average Bonchev–Trinajstić information content (AvgIpc) is 2.55. The molecule has 1 N–H and O–H groups in total. The van der Waals surface area contributed by atoms with E-state index in [0.717, 1.165) is 12.8 Å². The summed E-state index contributed by atoms with van der Waals surface area (Å²) in [6.45, 7) is 1.96. The van der Waals surface area contributed by atoms with Crippen molar-refractivity contribution in [3.8, 4) is 0 Å². The lowest BCUT2D eigenvalue weighted by Crippen LogP contribution is -2.62. The zero-order chi connectivity index (χ0) is 13.0. The van der Waals surface area contributed by atoms with E-state index in [9.17, 15) is 13.5 Å². The molecule has 18 heavy (non-hydrogen) atoms. The van der Waals surface area contributed by atoms with Gasteiger partial charge in [-0.15, -0.1) is 0 Å². The Morgan fingerprint density at radius 2 is 1.89 bits per heavy atom. The lowest BCUT2D eigenvalue weighted by Gasteiger charge is -2.50. The van der Waals surface area contributed by atoms with Gasteiger partial charge < -0.3 is 5.11 Å². The Kier molecular flexibility index (Phi) is 2.58. The lowest BCUT2D eigenvalue weighted by molar-refractivity contribution is -0.0941. The van der Waals surface area contributed by atoms with E-state index >= 15 is 0 Å². The van der Waals surface area contributed by atoms with Crippen molar-refractivity contribution in [1.82, 2.24) is 0 Å². The number of fused-ring (bicyclic) bond motifs is 1. The van der Waals surface area contributed by atoms with Gasteiger partial charge in [-0.1, -0.05) is 25.1 Å². The highest BCUT2D eigenvalue weighted by atomic mass is 32.2. The summed E-state index contributed by atoms with van der Waals surface area (Å²) in [5.74, 6) is 0.260. The van der Waals surface area contributed by atoms with E-state index in [2.05, 4.69) is 0 Å². The van der Waals surface area contributed by atoms with Crippen LogP contribution in [-0.4, -0.2) is 24.4 Å². The van der Waals surface area contributed by atoms with Crippen LogP contribution in [0.25, 0.3) is 0 Å². The second kappa shape index (κ2) is 3.81. The van der Waals surface area contributed by atoms with E-state index in [1.807, 2.05) is 6.92 Å². The summed E-state index contributed by atoms with van der Waals surface area (Å²) >= 11 is 0. The first kappa shape index (κ1) is 12.2. The number of aliphatic hydroxyl groups is 1. The fourth-order valence-electron chi connectivity index (χ4n) is 3.64. The zero-order valence-corrected chi connectivity index (χ0v) is 11.2. The molecular weight excluding hydrogens is 248 g/mol. The number of sulfone groups is 1. The molecule has 2 aliphatic rings. The van der Waals surface area contributed by atoms with Gasteiger partial charge in [0.2, 0.25) is 0 Å². The van der Waals surface area contributed by atoms with Crippen LogP contribution in [0.1, 0.15) is 26.2 Å². The molecule has 4 heteroatoms. The van der Waals surface area contributed by atoms with Gasteiger partial charge in [0.15, 0.2) is 9.84 Å². The lowest BCUT2D eigenvalue weighted by atomic mass is 9.68. The molecule has 0 saturated heterocycles. The van der Waals surface area contributed by atoms with Crippen LogP contribution in [0.5, 0.6) is 0 Å². The molecule has 0 heterocycles. The molecule has 0 radical (unpaired) electrons. The molecule has 2 aliphatic carbocycles. The van der Waals surface area contributed by atoms with Crippen molar-refractivity contribution in [2.45, 2.75) is 41.9 Å². The molecule has 0 aromatic heterocycles. The first-order valence-corrected chi connectivity index (χ1v) is 8.03. The molecule has 0 amide bonds. The molecule has 0 bridgehead atoms. The summed E-state index contributed by atoms with van der Waals surface area (Å²) in [5, 5.41) is 10.1. The summed E-state index contributed by atoms with van der Waals surface area (Å²) in [6, 6.07) is 8.49. The van der Waals surface area contributed by atoms with E-state index < -0.39 is 20.7 Å². The van der Waals surface area contributed by atoms with Gasteiger partial charge in [0.25, 0.3) is 0 Å². The van der Waals surface area contributed by atoms with Gasteiger partial charge in [-0.2, -0.15) is 0 Å². The third-order valence-electron chi connectivity index (χ3n) is 4.85. The van der Waals surface area contributed by atoms with Crippen molar-refractivity contribution in [3.63, 3.8) is 0 Å². The maximum absolute atomic E-state index is 12.5. The highest BCUT2D eigenvalue weighted by Gasteiger charge is 2.64. The Morgan fingerprint density at radius 3 is 2.50 bits per heavy atom. The van der Waals surface area contributed by atoms with Crippen molar-refractivity contribution in [3.05, 3.63) is 30.3 Å². The molecule has 3 nitrogen and oxygen atoms in total. The molecule has 1 aromatic rings. The summed E-state index contributed by atoms with van der Waals surface area (Å²) in [5.41, 5.74) is -0.991. The molecule has 3 rings (SSSR count). The van der Waals surface area contributed by atoms with E-state index in [1.165, 1.54) is 0 Å². The topological polar surface area (TPSA) is 54.4 Å². The fraction of sp³-hybridized carbons (Fsp3) is 0.571. The van der Waals surface area contributed by atoms with E-state index in [0.29, 0.717) is 11.3 Å². The maximum atomic E-state index is 12.5. The Labute approximate surface area is 108 Å². The SMILES string of the molecule is C[C@H]1CC[C@H]2C[C@H](S(=O)(=O)c3ccccc3)[C@]21O. The first-order valence-electron chi connectivity index (χ1n) is 6.48. The predicted molar refractivity (Wildman–Crippen MR) is 68.9 cm³/mol. The average molecular weight is 266 g/mol. The second-order valence-electron chi connectivity index (χ2n) is 5.65. The maximum Gasteiger partial charge on any atom is 0.184 e. The van der Waals surface area contributed by atoms with Crippen molar-refractivity contribution in [2.75, 3.05) is 0 Å². The number of rotatable bonds is 2. The number of hydrogen-bond acceptors (Lipinski definition) is 3. The zero-order valence-electron chi connectivity index (χ0n) is 10.4. The number of benzene rings is 1. The van der Waals surface area contributed by atoms with Crippen LogP contribution in [0.2, 0.25) is 0 Å². The minimum atomic E-state index is -3.40. The highest BCUT2D eigenvalue weighted by Crippen LogP contribution is 2.57. The fourth-order valence-corrected chi connectivity index (χ4v) is 5.91. The van der Waals surface area contributed by atoms with Gasteiger partial charge in [-0.05, 0) is 43.2 Å². The van der Waals surface area contributed by atoms with Crippen LogP contribution in [0.4, 0.5) is 0 Å². The Hall–Kier alpha value is -0.870. The van der Waals surface area contributed by atoms with Gasteiger partial charge in [0.05, 0.1) is 15.7 Å². The molecule has 4 atom stereocenters. The molecule has 0 unspecified atom stereocenters. The van der Waals surface area contributed by atoms with Gasteiger partial charge in [0.1, 0.15) is 0 Å². The van der Waals surface area contributed by atoms with Crippen molar-refractivity contribution in [1.29, 1.82) is 0 Å². The minimum Gasteiger partial charge on any atom is -0.388 e. The standard InChI is InChI=1S/C14H18O3S/c1-10-7-8-11-9-13(14(10,11)15)18(16,17)12-5-3-2-4-6-12/h2-6,10-11,13,15H,7-9H2,1H3/t10-,11-,13-,14+/m0/s1. The third kappa shape index (κ3) is 1.42. The quantitative estimate of drug-likeness (QED) is 0.891. The highest BCUT2D eigenvalue weighted by molar-refractivity contribution is 7.92. The summed E-state index contributed by atoms with van der Waals surface area (Å²) < 4.78 is 25.1. The normalized spacial score (nSPS) is 39.1. The molecular formula is C14H18O3S. The van der Waals surface area contributed by atoms with Gasteiger partial charge in [-0.3, -0.25) is 0 Å². The van der Waals surface area contributed by atoms with Gasteiger partial charge in [-0.25, -0.2) is 8.42 Å². The molecule has 0 spiro atoms.